The number of carbonyl (C=O) groups is 1. The molecule has 2 aromatic rings. The van der Waals surface area contributed by atoms with Gasteiger partial charge in [0.2, 0.25) is 0 Å². The minimum Gasteiger partial charge on any atom is -0.455 e. The van der Waals surface area contributed by atoms with Crippen LogP contribution in [0.25, 0.3) is 0 Å². The van der Waals surface area contributed by atoms with Crippen molar-refractivity contribution in [3.8, 4) is 0 Å². The monoisotopic (exact) mass is 410 g/mol. The molecule has 1 unspecified atom stereocenters. The van der Waals surface area contributed by atoms with E-state index in [-0.39, 0.29) is 5.97 Å². The van der Waals surface area contributed by atoms with Crippen molar-refractivity contribution < 1.29 is 9.53 Å². The molecule has 1 aromatic heterocycles. The Morgan fingerprint density at radius 2 is 1.89 bits per heavy atom. The number of ether oxygens (including phenoxy) is 1. The number of aromatic nitrogens is 2. The molecule has 1 aromatic carbocycles. The van der Waals surface area contributed by atoms with Crippen molar-refractivity contribution in [2.75, 3.05) is 0 Å². The zero-order chi connectivity index (χ0) is 19.5. The maximum absolute atomic E-state index is 12.4. The zero-order valence-electron chi connectivity index (χ0n) is 15.9. The first-order chi connectivity index (χ1) is 13.1. The van der Waals surface area contributed by atoms with E-state index in [4.69, 9.17) is 27.9 Å². The molecule has 0 aliphatic carbocycles. The Kier molecular flexibility index (Phi) is 9.71. The standard InChI is InChI=1S/C21H28Cl2N2O2/c1-2-3-4-5-6-7-8-9-21(26)27-20(15-25-13-12-24-16-25)18-11-10-17(22)14-19(18)23/h10-14,16,20H,2-9,15H2,1H3. The van der Waals surface area contributed by atoms with Gasteiger partial charge in [-0.3, -0.25) is 4.79 Å². The summed E-state index contributed by atoms with van der Waals surface area (Å²) in [5, 5.41) is 1.05. The van der Waals surface area contributed by atoms with Crippen LogP contribution in [0.5, 0.6) is 0 Å². The molecule has 6 heteroatoms. The lowest BCUT2D eigenvalue weighted by Crippen LogP contribution is -2.17. The number of halogens is 2. The van der Waals surface area contributed by atoms with Gasteiger partial charge in [-0.25, -0.2) is 4.98 Å². The van der Waals surface area contributed by atoms with E-state index in [1.54, 1.807) is 24.7 Å². The van der Waals surface area contributed by atoms with Crippen molar-refractivity contribution in [2.45, 2.75) is 70.9 Å². The van der Waals surface area contributed by atoms with Crippen molar-refractivity contribution in [3.05, 3.63) is 52.5 Å². The first-order valence-corrected chi connectivity index (χ1v) is 10.5. The third kappa shape index (κ3) is 7.94. The Balaban J connectivity index is 1.89. The normalized spacial score (nSPS) is 12.1. The van der Waals surface area contributed by atoms with Gasteiger partial charge in [-0.1, -0.05) is 74.7 Å². The van der Waals surface area contributed by atoms with Gasteiger partial charge in [0.05, 0.1) is 12.9 Å². The molecular weight excluding hydrogens is 383 g/mol. The molecule has 4 nitrogen and oxygen atoms in total. The van der Waals surface area contributed by atoms with Gasteiger partial charge in [0.15, 0.2) is 0 Å². The first kappa shape index (κ1) is 21.8. The Hall–Kier alpha value is -1.52. The van der Waals surface area contributed by atoms with Crippen LogP contribution in [-0.4, -0.2) is 15.5 Å². The second-order valence-electron chi connectivity index (χ2n) is 6.78. The predicted octanol–water partition coefficient (Wildman–Crippen LogP) is 6.62. The van der Waals surface area contributed by atoms with Crippen LogP contribution in [-0.2, 0) is 16.1 Å². The molecule has 0 saturated carbocycles. The maximum Gasteiger partial charge on any atom is 0.306 e. The van der Waals surface area contributed by atoms with Crippen molar-refractivity contribution in [1.29, 1.82) is 0 Å². The van der Waals surface area contributed by atoms with Crippen LogP contribution in [0.4, 0.5) is 0 Å². The lowest BCUT2D eigenvalue weighted by molar-refractivity contribution is -0.150. The molecule has 0 aliphatic rings. The highest BCUT2D eigenvalue weighted by molar-refractivity contribution is 6.35. The number of imidazole rings is 1. The number of nitrogens with zero attached hydrogens (tertiary/aromatic N) is 2. The highest BCUT2D eigenvalue weighted by atomic mass is 35.5. The molecule has 148 valence electrons. The van der Waals surface area contributed by atoms with E-state index in [1.807, 2.05) is 16.8 Å². The molecule has 0 bridgehead atoms. The minimum absolute atomic E-state index is 0.195. The molecule has 0 spiro atoms. The largest absolute Gasteiger partial charge is 0.455 e. The molecule has 27 heavy (non-hydrogen) atoms. The second kappa shape index (κ2) is 12.0. The first-order valence-electron chi connectivity index (χ1n) is 9.70. The number of hydrogen-bond acceptors (Lipinski definition) is 3. The van der Waals surface area contributed by atoms with Crippen LogP contribution in [0, 0.1) is 0 Å². The van der Waals surface area contributed by atoms with Gasteiger partial charge in [0.25, 0.3) is 0 Å². The average molecular weight is 411 g/mol. The molecular formula is C21H28Cl2N2O2. The van der Waals surface area contributed by atoms with E-state index in [2.05, 4.69) is 11.9 Å². The Morgan fingerprint density at radius 3 is 2.56 bits per heavy atom. The summed E-state index contributed by atoms with van der Waals surface area (Å²) in [6.07, 6.45) is 13.3. The van der Waals surface area contributed by atoms with Crippen molar-refractivity contribution in [1.82, 2.24) is 9.55 Å². The second-order valence-corrected chi connectivity index (χ2v) is 7.62. The fraction of sp³-hybridized carbons (Fsp3) is 0.524. The summed E-state index contributed by atoms with van der Waals surface area (Å²) in [6.45, 7) is 2.67. The van der Waals surface area contributed by atoms with E-state index in [1.165, 1.54) is 32.1 Å². The highest BCUT2D eigenvalue weighted by Gasteiger charge is 2.20. The maximum atomic E-state index is 12.4. The molecule has 0 fully saturated rings. The summed E-state index contributed by atoms with van der Waals surface area (Å²) >= 11 is 12.3. The van der Waals surface area contributed by atoms with Gasteiger partial charge in [-0.2, -0.15) is 0 Å². The number of carbonyl (C=O) groups excluding carboxylic acids is 1. The average Bonchev–Trinajstić information content (AvgIpc) is 3.13. The number of benzene rings is 1. The van der Waals surface area contributed by atoms with Gasteiger partial charge in [0.1, 0.15) is 6.10 Å². The highest BCUT2D eigenvalue weighted by Crippen LogP contribution is 2.30. The van der Waals surface area contributed by atoms with E-state index in [0.717, 1.165) is 18.4 Å². The summed E-state index contributed by atoms with van der Waals surface area (Å²) in [7, 11) is 0. The molecule has 0 aliphatic heterocycles. The van der Waals surface area contributed by atoms with Crippen LogP contribution < -0.4 is 0 Å². The number of unbranched alkanes of at least 4 members (excludes halogenated alkanes) is 6. The fourth-order valence-electron chi connectivity index (χ4n) is 2.99. The summed E-state index contributed by atoms with van der Waals surface area (Å²) in [4.78, 5) is 16.4. The quantitative estimate of drug-likeness (QED) is 0.291. The minimum atomic E-state index is -0.471. The Morgan fingerprint density at radius 1 is 1.15 bits per heavy atom. The molecule has 0 N–H and O–H groups in total. The van der Waals surface area contributed by atoms with E-state index < -0.39 is 6.10 Å². The number of hydrogen-bond donors (Lipinski definition) is 0. The van der Waals surface area contributed by atoms with Gasteiger partial charge < -0.3 is 9.30 Å². The SMILES string of the molecule is CCCCCCCCCC(=O)OC(Cn1ccnc1)c1ccc(Cl)cc1Cl. The zero-order valence-corrected chi connectivity index (χ0v) is 17.4. The van der Waals surface area contributed by atoms with E-state index in [0.29, 0.717) is 23.0 Å². The molecule has 0 amide bonds. The summed E-state index contributed by atoms with van der Waals surface area (Å²) in [6, 6.07) is 5.24. The van der Waals surface area contributed by atoms with E-state index >= 15 is 0 Å². The van der Waals surface area contributed by atoms with Gasteiger partial charge in [0, 0.05) is 34.4 Å². The Bertz CT molecular complexity index is 689. The topological polar surface area (TPSA) is 44.1 Å². The lowest BCUT2D eigenvalue weighted by atomic mass is 10.1. The third-order valence-electron chi connectivity index (χ3n) is 4.50. The third-order valence-corrected chi connectivity index (χ3v) is 5.07. The lowest BCUT2D eigenvalue weighted by Gasteiger charge is -2.20. The summed E-state index contributed by atoms with van der Waals surface area (Å²) in [5.41, 5.74) is 0.752. The van der Waals surface area contributed by atoms with Gasteiger partial charge in [-0.15, -0.1) is 0 Å². The van der Waals surface area contributed by atoms with Crippen molar-refractivity contribution in [3.63, 3.8) is 0 Å². The predicted molar refractivity (Wildman–Crippen MR) is 110 cm³/mol. The number of rotatable bonds is 12. The van der Waals surface area contributed by atoms with Crippen molar-refractivity contribution >= 4 is 29.2 Å². The van der Waals surface area contributed by atoms with Crippen LogP contribution in [0.1, 0.15) is 70.0 Å². The molecule has 0 saturated heterocycles. The van der Waals surface area contributed by atoms with Crippen LogP contribution in [0.2, 0.25) is 10.0 Å². The summed E-state index contributed by atoms with van der Waals surface area (Å²) < 4.78 is 7.63. The fourth-order valence-corrected chi connectivity index (χ4v) is 3.52. The molecule has 1 heterocycles. The summed E-state index contributed by atoms with van der Waals surface area (Å²) in [5.74, 6) is -0.195. The van der Waals surface area contributed by atoms with Gasteiger partial charge >= 0.3 is 5.97 Å². The molecule has 2 rings (SSSR count). The van der Waals surface area contributed by atoms with Gasteiger partial charge in [-0.05, 0) is 18.6 Å². The molecule has 1 atom stereocenters. The Labute approximate surface area is 171 Å². The van der Waals surface area contributed by atoms with Crippen molar-refractivity contribution in [2.24, 2.45) is 0 Å². The van der Waals surface area contributed by atoms with E-state index in [9.17, 15) is 4.79 Å². The van der Waals surface area contributed by atoms with Crippen LogP contribution >= 0.6 is 23.2 Å². The van der Waals surface area contributed by atoms with Crippen LogP contribution in [0.3, 0.4) is 0 Å². The number of esters is 1. The van der Waals surface area contributed by atoms with Crippen LogP contribution in [0.15, 0.2) is 36.9 Å². The smallest absolute Gasteiger partial charge is 0.306 e. The molecule has 0 radical (unpaired) electrons.